The molecule has 1 rings (SSSR count). The highest BCUT2D eigenvalue weighted by Gasteiger charge is 2.26. The quantitative estimate of drug-likeness (QED) is 0.487. The van der Waals surface area contributed by atoms with E-state index in [0.717, 1.165) is 5.56 Å². The average molecular weight is 275 g/mol. The molecule has 19 heavy (non-hydrogen) atoms. The number of alkyl halides is 3. The van der Waals surface area contributed by atoms with Gasteiger partial charge in [-0.2, -0.15) is 13.2 Å². The molecule has 0 fully saturated rings. The summed E-state index contributed by atoms with van der Waals surface area (Å²) >= 11 is 0. The van der Waals surface area contributed by atoms with Crippen molar-refractivity contribution < 1.29 is 23.1 Å². The van der Waals surface area contributed by atoms with Crippen LogP contribution in [0.15, 0.2) is 29.4 Å². The van der Waals surface area contributed by atoms with Gasteiger partial charge < -0.3 is 9.94 Å². The van der Waals surface area contributed by atoms with Crippen LogP contribution >= 0.6 is 0 Å². The highest BCUT2D eigenvalue weighted by atomic mass is 19.4. The van der Waals surface area contributed by atoms with Crippen molar-refractivity contribution in [2.75, 3.05) is 6.61 Å². The van der Waals surface area contributed by atoms with Crippen molar-refractivity contribution in [1.29, 1.82) is 0 Å². The third kappa shape index (κ3) is 6.69. The van der Waals surface area contributed by atoms with Gasteiger partial charge in [-0.15, -0.1) is 0 Å². The molecule has 0 saturated heterocycles. The Bertz CT molecular complexity index is 413. The van der Waals surface area contributed by atoms with Crippen LogP contribution in [0.5, 0.6) is 5.75 Å². The van der Waals surface area contributed by atoms with Gasteiger partial charge in [0.25, 0.3) is 0 Å². The van der Waals surface area contributed by atoms with Gasteiger partial charge in [0, 0.05) is 0 Å². The van der Waals surface area contributed by atoms with Crippen LogP contribution in [0.25, 0.3) is 0 Å². The minimum Gasteiger partial charge on any atom is -0.493 e. The number of hydrogen-bond acceptors (Lipinski definition) is 3. The van der Waals surface area contributed by atoms with Crippen molar-refractivity contribution >= 4 is 5.71 Å². The fourth-order valence-electron chi connectivity index (χ4n) is 1.41. The standard InChI is InChI=1S/C13H16F3NO2/c1-10(17-18)2-3-11-4-6-12(7-5-11)19-9-8-13(14,15)16/h4-7,18H,2-3,8-9H2,1H3. The second kappa shape index (κ2) is 7.01. The van der Waals surface area contributed by atoms with E-state index < -0.39 is 12.6 Å². The Morgan fingerprint density at radius 1 is 1.26 bits per heavy atom. The van der Waals surface area contributed by atoms with Crippen LogP contribution in [0, 0.1) is 0 Å². The lowest BCUT2D eigenvalue weighted by atomic mass is 10.1. The first-order valence-electron chi connectivity index (χ1n) is 5.87. The highest BCUT2D eigenvalue weighted by Crippen LogP contribution is 2.20. The zero-order chi connectivity index (χ0) is 14.3. The molecule has 6 heteroatoms. The summed E-state index contributed by atoms with van der Waals surface area (Å²) in [6.07, 6.45) is -3.81. The number of aryl methyl sites for hydroxylation is 1. The number of oxime groups is 1. The summed E-state index contributed by atoms with van der Waals surface area (Å²) in [5, 5.41) is 11.6. The van der Waals surface area contributed by atoms with Gasteiger partial charge in [0.05, 0.1) is 18.7 Å². The summed E-state index contributed by atoms with van der Waals surface area (Å²) in [6.45, 7) is 1.34. The molecule has 0 spiro atoms. The van der Waals surface area contributed by atoms with Crippen LogP contribution in [-0.4, -0.2) is 23.7 Å². The smallest absolute Gasteiger partial charge is 0.392 e. The van der Waals surface area contributed by atoms with E-state index in [4.69, 9.17) is 9.94 Å². The molecule has 0 aliphatic heterocycles. The molecule has 1 aromatic carbocycles. The predicted molar refractivity (Wildman–Crippen MR) is 65.8 cm³/mol. The lowest BCUT2D eigenvalue weighted by Gasteiger charge is -2.09. The molecule has 1 aromatic rings. The molecule has 0 unspecified atom stereocenters. The lowest BCUT2D eigenvalue weighted by Crippen LogP contribution is -2.12. The van der Waals surface area contributed by atoms with E-state index >= 15 is 0 Å². The third-order valence-corrected chi connectivity index (χ3v) is 2.52. The Labute approximate surface area is 109 Å². The molecule has 106 valence electrons. The summed E-state index contributed by atoms with van der Waals surface area (Å²) < 4.78 is 40.8. The van der Waals surface area contributed by atoms with Gasteiger partial charge in [0.15, 0.2) is 0 Å². The Morgan fingerprint density at radius 3 is 2.42 bits per heavy atom. The van der Waals surface area contributed by atoms with E-state index in [-0.39, 0.29) is 6.61 Å². The molecule has 0 heterocycles. The Balaban J connectivity index is 2.39. The van der Waals surface area contributed by atoms with E-state index in [1.165, 1.54) is 0 Å². The normalized spacial score (nSPS) is 12.5. The van der Waals surface area contributed by atoms with Crippen molar-refractivity contribution in [2.24, 2.45) is 5.16 Å². The van der Waals surface area contributed by atoms with Gasteiger partial charge >= 0.3 is 6.18 Å². The molecule has 3 nitrogen and oxygen atoms in total. The van der Waals surface area contributed by atoms with Crippen molar-refractivity contribution in [1.82, 2.24) is 0 Å². The molecular formula is C13H16F3NO2. The van der Waals surface area contributed by atoms with Crippen molar-refractivity contribution in [2.45, 2.75) is 32.4 Å². The van der Waals surface area contributed by atoms with Gasteiger partial charge in [0.1, 0.15) is 5.75 Å². The Morgan fingerprint density at radius 2 is 1.89 bits per heavy atom. The van der Waals surface area contributed by atoms with Crippen LogP contribution in [-0.2, 0) is 6.42 Å². The minimum atomic E-state index is -4.19. The maximum Gasteiger partial charge on any atom is 0.392 e. The molecule has 0 aromatic heterocycles. The maximum absolute atomic E-state index is 11.9. The SMILES string of the molecule is CC(CCc1ccc(OCCC(F)(F)F)cc1)=NO. The number of rotatable bonds is 6. The predicted octanol–water partition coefficient (Wildman–Crippen LogP) is 3.80. The monoisotopic (exact) mass is 275 g/mol. The Hall–Kier alpha value is -1.72. The number of ether oxygens (including phenoxy) is 1. The van der Waals surface area contributed by atoms with Crippen LogP contribution in [0.4, 0.5) is 13.2 Å². The number of benzene rings is 1. The molecule has 0 saturated carbocycles. The summed E-state index contributed by atoms with van der Waals surface area (Å²) in [5.41, 5.74) is 1.64. The van der Waals surface area contributed by atoms with Crippen LogP contribution in [0.2, 0.25) is 0 Å². The first-order chi connectivity index (χ1) is 8.90. The number of hydrogen-bond donors (Lipinski definition) is 1. The second-order valence-corrected chi connectivity index (χ2v) is 4.19. The van der Waals surface area contributed by atoms with E-state index in [0.29, 0.717) is 24.3 Å². The number of halogens is 3. The molecule has 1 N–H and O–H groups in total. The second-order valence-electron chi connectivity index (χ2n) is 4.19. The van der Waals surface area contributed by atoms with Gasteiger partial charge in [0.2, 0.25) is 0 Å². The highest BCUT2D eigenvalue weighted by molar-refractivity contribution is 5.81. The molecule has 0 radical (unpaired) electrons. The van der Waals surface area contributed by atoms with Crippen molar-refractivity contribution in [3.8, 4) is 5.75 Å². The van der Waals surface area contributed by atoms with E-state index in [1.54, 1.807) is 31.2 Å². The minimum absolute atomic E-state index is 0.376. The van der Waals surface area contributed by atoms with Crippen molar-refractivity contribution in [3.05, 3.63) is 29.8 Å². The van der Waals surface area contributed by atoms with Crippen LogP contribution < -0.4 is 4.74 Å². The lowest BCUT2D eigenvalue weighted by molar-refractivity contribution is -0.139. The van der Waals surface area contributed by atoms with E-state index in [2.05, 4.69) is 5.16 Å². The largest absolute Gasteiger partial charge is 0.493 e. The molecule has 0 aliphatic carbocycles. The first kappa shape index (κ1) is 15.3. The van der Waals surface area contributed by atoms with Gasteiger partial charge in [-0.3, -0.25) is 0 Å². The zero-order valence-electron chi connectivity index (χ0n) is 10.6. The fraction of sp³-hybridized carbons (Fsp3) is 0.462. The van der Waals surface area contributed by atoms with Crippen LogP contribution in [0.3, 0.4) is 0 Å². The van der Waals surface area contributed by atoms with Gasteiger partial charge in [-0.05, 0) is 37.5 Å². The summed E-state index contributed by atoms with van der Waals surface area (Å²) in [4.78, 5) is 0. The summed E-state index contributed by atoms with van der Waals surface area (Å²) in [7, 11) is 0. The summed E-state index contributed by atoms with van der Waals surface area (Å²) in [5.74, 6) is 0.417. The maximum atomic E-state index is 11.9. The summed E-state index contributed by atoms with van der Waals surface area (Å²) in [6, 6.07) is 6.84. The van der Waals surface area contributed by atoms with Gasteiger partial charge in [-0.25, -0.2) is 0 Å². The van der Waals surface area contributed by atoms with Crippen molar-refractivity contribution in [3.63, 3.8) is 0 Å². The zero-order valence-corrected chi connectivity index (χ0v) is 10.6. The molecule has 0 atom stereocenters. The molecule has 0 amide bonds. The third-order valence-electron chi connectivity index (χ3n) is 2.52. The first-order valence-corrected chi connectivity index (χ1v) is 5.87. The van der Waals surface area contributed by atoms with E-state index in [1.807, 2.05) is 0 Å². The van der Waals surface area contributed by atoms with Gasteiger partial charge in [-0.1, -0.05) is 17.3 Å². The number of nitrogens with zero attached hydrogens (tertiary/aromatic N) is 1. The molecular weight excluding hydrogens is 259 g/mol. The molecule has 0 bridgehead atoms. The topological polar surface area (TPSA) is 41.8 Å². The molecule has 0 aliphatic rings. The Kier molecular flexibility index (Phi) is 5.66. The average Bonchev–Trinajstić information content (AvgIpc) is 2.36. The van der Waals surface area contributed by atoms with Crippen LogP contribution in [0.1, 0.15) is 25.3 Å². The van der Waals surface area contributed by atoms with E-state index in [9.17, 15) is 13.2 Å². The fourth-order valence-corrected chi connectivity index (χ4v) is 1.41.